The van der Waals surface area contributed by atoms with Crippen molar-refractivity contribution in [2.45, 2.75) is 37.4 Å². The number of benzene rings is 1. The summed E-state index contributed by atoms with van der Waals surface area (Å²) in [7, 11) is 0. The summed E-state index contributed by atoms with van der Waals surface area (Å²) < 4.78 is 7.94. The van der Waals surface area contributed by atoms with Gasteiger partial charge in [0.05, 0.1) is 6.61 Å². The van der Waals surface area contributed by atoms with E-state index in [0.717, 1.165) is 53.7 Å². The number of ether oxygens (including phenoxy) is 1. The molecule has 5 nitrogen and oxygen atoms in total. The first-order valence-electron chi connectivity index (χ1n) is 8.56. The molecule has 1 aromatic carbocycles. The van der Waals surface area contributed by atoms with E-state index < -0.39 is 0 Å². The van der Waals surface area contributed by atoms with Crippen molar-refractivity contribution in [3.63, 3.8) is 0 Å². The lowest BCUT2D eigenvalue weighted by Gasteiger charge is -2.17. The largest absolute Gasteiger partial charge is 0.494 e. The Kier molecular flexibility index (Phi) is 6.17. The summed E-state index contributed by atoms with van der Waals surface area (Å²) in [6, 6.07) is 5.89. The van der Waals surface area contributed by atoms with Gasteiger partial charge in [-0.15, -0.1) is 6.58 Å². The number of aryl methyl sites for hydroxylation is 1. The average molecular weight is 357 g/mol. The molecular formula is C19H23N3O2S. The van der Waals surface area contributed by atoms with E-state index in [1.807, 2.05) is 36.7 Å². The molecule has 1 aliphatic heterocycles. The lowest BCUT2D eigenvalue weighted by Crippen LogP contribution is -2.18. The number of nitrogens with zero attached hydrogens (tertiary/aromatic N) is 2. The number of hydrogen-bond donors (Lipinski definition) is 1. The second kappa shape index (κ2) is 8.76. The van der Waals surface area contributed by atoms with Crippen LogP contribution in [0.3, 0.4) is 0 Å². The highest BCUT2D eigenvalue weighted by molar-refractivity contribution is 7.99. The van der Waals surface area contributed by atoms with E-state index in [-0.39, 0.29) is 5.91 Å². The highest BCUT2D eigenvalue weighted by Gasteiger charge is 2.14. The highest BCUT2D eigenvalue weighted by Crippen LogP contribution is 2.27. The maximum atomic E-state index is 11.4. The number of imidazole rings is 1. The predicted octanol–water partition coefficient (Wildman–Crippen LogP) is 3.91. The van der Waals surface area contributed by atoms with Crippen LogP contribution in [0.5, 0.6) is 5.75 Å². The normalized spacial score (nSPS) is 13.2. The molecule has 0 unspecified atom stereocenters. The van der Waals surface area contributed by atoms with Crippen molar-refractivity contribution >= 4 is 23.4 Å². The fourth-order valence-electron chi connectivity index (χ4n) is 2.72. The van der Waals surface area contributed by atoms with Crippen LogP contribution < -0.4 is 10.1 Å². The van der Waals surface area contributed by atoms with E-state index in [4.69, 9.17) is 4.74 Å². The Morgan fingerprint density at radius 3 is 3.16 bits per heavy atom. The first-order valence-corrected chi connectivity index (χ1v) is 9.55. The summed E-state index contributed by atoms with van der Waals surface area (Å²) in [5, 5.41) is 3.93. The zero-order valence-corrected chi connectivity index (χ0v) is 15.1. The molecule has 0 radical (unpaired) electrons. The van der Waals surface area contributed by atoms with Crippen LogP contribution in [0.15, 0.2) is 48.4 Å². The molecule has 1 aliphatic rings. The van der Waals surface area contributed by atoms with Gasteiger partial charge in [0, 0.05) is 36.8 Å². The Hall–Kier alpha value is -2.21. The van der Waals surface area contributed by atoms with Crippen molar-refractivity contribution in [3.05, 3.63) is 48.8 Å². The first-order chi connectivity index (χ1) is 12.3. The lowest BCUT2D eigenvalue weighted by molar-refractivity contribution is -0.116. The van der Waals surface area contributed by atoms with E-state index >= 15 is 0 Å². The van der Waals surface area contributed by atoms with Gasteiger partial charge in [-0.2, -0.15) is 0 Å². The molecular weight excluding hydrogens is 334 g/mol. The third kappa shape index (κ3) is 4.89. The zero-order chi connectivity index (χ0) is 17.5. The third-order valence-electron chi connectivity index (χ3n) is 4.01. The summed E-state index contributed by atoms with van der Waals surface area (Å²) >= 11 is 1.77. The minimum absolute atomic E-state index is 0.0902. The molecule has 0 saturated heterocycles. The van der Waals surface area contributed by atoms with E-state index in [0.29, 0.717) is 13.0 Å². The lowest BCUT2D eigenvalue weighted by atomic mass is 10.0. The molecule has 1 amide bonds. The van der Waals surface area contributed by atoms with Crippen LogP contribution in [0.2, 0.25) is 0 Å². The Labute approximate surface area is 152 Å². The summed E-state index contributed by atoms with van der Waals surface area (Å²) in [5.74, 6) is 1.99. The Morgan fingerprint density at radius 2 is 2.28 bits per heavy atom. The van der Waals surface area contributed by atoms with Crippen molar-refractivity contribution in [2.24, 2.45) is 0 Å². The van der Waals surface area contributed by atoms with Crippen LogP contribution in [0, 0.1) is 0 Å². The molecule has 2 aromatic rings. The van der Waals surface area contributed by atoms with Gasteiger partial charge in [0.1, 0.15) is 5.75 Å². The number of carbonyl (C=O) groups is 1. The molecule has 0 bridgehead atoms. The fourth-order valence-corrected chi connectivity index (χ4v) is 3.69. The minimum Gasteiger partial charge on any atom is -0.494 e. The number of anilines is 1. The van der Waals surface area contributed by atoms with Crippen molar-refractivity contribution in [1.82, 2.24) is 9.55 Å². The molecule has 1 aromatic heterocycles. The fraction of sp³-hybridized carbons (Fsp3) is 0.368. The quantitative estimate of drug-likeness (QED) is 0.420. The van der Waals surface area contributed by atoms with Crippen LogP contribution in [0.4, 0.5) is 5.69 Å². The Balaban J connectivity index is 1.37. The second-order valence-corrected chi connectivity index (χ2v) is 6.98. The highest BCUT2D eigenvalue weighted by atomic mass is 32.2. The molecule has 0 saturated carbocycles. The van der Waals surface area contributed by atoms with Crippen LogP contribution in [0.25, 0.3) is 0 Å². The maximum Gasteiger partial charge on any atom is 0.224 e. The van der Waals surface area contributed by atoms with Gasteiger partial charge in [-0.1, -0.05) is 17.8 Å². The summed E-state index contributed by atoms with van der Waals surface area (Å²) in [6.07, 6.45) is 9.10. The summed E-state index contributed by atoms with van der Waals surface area (Å²) in [5.41, 5.74) is 2.07. The molecule has 0 fully saturated rings. The van der Waals surface area contributed by atoms with Gasteiger partial charge in [-0.05, 0) is 43.0 Å². The zero-order valence-electron chi connectivity index (χ0n) is 14.2. The maximum absolute atomic E-state index is 11.4. The minimum atomic E-state index is 0.0902. The number of allylic oxidation sites excluding steroid dienone is 1. The first kappa shape index (κ1) is 17.6. The second-order valence-electron chi connectivity index (χ2n) is 5.92. The predicted molar refractivity (Wildman–Crippen MR) is 101 cm³/mol. The Morgan fingerprint density at radius 1 is 1.36 bits per heavy atom. The number of carbonyl (C=O) groups excluding carboxylic acids is 1. The molecule has 25 heavy (non-hydrogen) atoms. The number of unbranched alkanes of at least 4 members (excludes halogenated alkanes) is 1. The van der Waals surface area contributed by atoms with Gasteiger partial charge in [-0.3, -0.25) is 4.79 Å². The summed E-state index contributed by atoms with van der Waals surface area (Å²) in [6.45, 7) is 5.26. The van der Waals surface area contributed by atoms with Crippen LogP contribution in [-0.2, 0) is 17.8 Å². The van der Waals surface area contributed by atoms with Crippen molar-refractivity contribution < 1.29 is 9.53 Å². The number of nitrogens with one attached hydrogen (secondary N) is 1. The van der Waals surface area contributed by atoms with Gasteiger partial charge in [-0.25, -0.2) is 4.98 Å². The van der Waals surface area contributed by atoms with Gasteiger partial charge in [0.15, 0.2) is 5.16 Å². The molecule has 1 N–H and O–H groups in total. The van der Waals surface area contributed by atoms with Gasteiger partial charge in [0.25, 0.3) is 0 Å². The van der Waals surface area contributed by atoms with E-state index in [9.17, 15) is 4.79 Å². The van der Waals surface area contributed by atoms with Crippen molar-refractivity contribution in [3.8, 4) is 5.75 Å². The van der Waals surface area contributed by atoms with Gasteiger partial charge < -0.3 is 14.6 Å². The topological polar surface area (TPSA) is 56.2 Å². The molecule has 132 valence electrons. The van der Waals surface area contributed by atoms with Crippen LogP contribution >= 0.6 is 11.8 Å². The molecule has 0 aliphatic carbocycles. The molecule has 3 rings (SSSR count). The molecule has 0 atom stereocenters. The number of amides is 1. The summed E-state index contributed by atoms with van der Waals surface area (Å²) in [4.78, 5) is 15.7. The monoisotopic (exact) mass is 357 g/mol. The van der Waals surface area contributed by atoms with Crippen LogP contribution in [-0.4, -0.2) is 27.8 Å². The number of rotatable bonds is 9. The molecule has 6 heteroatoms. The number of aromatic nitrogens is 2. The van der Waals surface area contributed by atoms with Gasteiger partial charge >= 0.3 is 0 Å². The third-order valence-corrected chi connectivity index (χ3v) is 5.10. The van der Waals surface area contributed by atoms with E-state index in [1.165, 1.54) is 0 Å². The smallest absolute Gasteiger partial charge is 0.224 e. The molecule has 2 heterocycles. The standard InChI is InChI=1S/C19H23N3O2S/c1-2-10-22-11-9-20-19(22)25-13-4-3-12-24-16-6-7-17-15(14-16)5-8-18(23)21-17/h2,6-7,9,11,14H,1,3-5,8,10,12-13H2,(H,21,23). The number of fused-ring (bicyclic) bond motifs is 1. The number of thioether (sulfide) groups is 1. The number of hydrogen-bond acceptors (Lipinski definition) is 4. The SMILES string of the molecule is C=CCn1ccnc1SCCCCOc1ccc2c(c1)CCC(=O)N2. The van der Waals surface area contributed by atoms with Gasteiger partial charge in [0.2, 0.25) is 5.91 Å². The van der Waals surface area contributed by atoms with E-state index in [1.54, 1.807) is 11.8 Å². The average Bonchev–Trinajstić information content (AvgIpc) is 3.05. The van der Waals surface area contributed by atoms with E-state index in [2.05, 4.69) is 21.4 Å². The van der Waals surface area contributed by atoms with Crippen molar-refractivity contribution in [1.29, 1.82) is 0 Å². The van der Waals surface area contributed by atoms with Crippen molar-refractivity contribution in [2.75, 3.05) is 17.7 Å². The van der Waals surface area contributed by atoms with Crippen LogP contribution in [0.1, 0.15) is 24.8 Å². The molecule has 0 spiro atoms. The Bertz CT molecular complexity index is 742.